The Bertz CT molecular complexity index is 1760. The summed E-state index contributed by atoms with van der Waals surface area (Å²) >= 11 is 0. The molecule has 1 atom stereocenters. The predicted octanol–water partition coefficient (Wildman–Crippen LogP) is 6.60. The summed E-state index contributed by atoms with van der Waals surface area (Å²) in [5, 5.41) is 5.80. The number of nitrogens with one attached hydrogen (secondary N) is 2. The number of piperazine rings is 1. The van der Waals surface area contributed by atoms with Crippen molar-refractivity contribution in [2.24, 2.45) is 0 Å². The molecule has 4 aromatic carbocycles. The quantitative estimate of drug-likeness (QED) is 0.191. The lowest BCUT2D eigenvalue weighted by Gasteiger charge is -2.28. The summed E-state index contributed by atoms with van der Waals surface area (Å²) in [5.74, 6) is -1.39. The highest BCUT2D eigenvalue weighted by molar-refractivity contribution is 6.11. The predicted molar refractivity (Wildman–Crippen MR) is 170 cm³/mol. The Labute approximate surface area is 260 Å². The van der Waals surface area contributed by atoms with Crippen LogP contribution in [-0.2, 0) is 11.2 Å². The first-order valence-corrected chi connectivity index (χ1v) is 15.0. The maximum Gasteiger partial charge on any atom is 0.262 e. The van der Waals surface area contributed by atoms with E-state index in [1.54, 1.807) is 30.3 Å². The Balaban J connectivity index is 1.27. The van der Waals surface area contributed by atoms with Gasteiger partial charge in [0, 0.05) is 37.5 Å². The number of halogens is 2. The van der Waals surface area contributed by atoms with Crippen molar-refractivity contribution in [1.82, 2.24) is 5.32 Å². The molecule has 2 aliphatic rings. The zero-order valence-electron chi connectivity index (χ0n) is 24.6. The first-order valence-electron chi connectivity index (χ1n) is 15.0. The molecule has 1 fully saturated rings. The minimum absolute atomic E-state index is 0.126. The number of amides is 2. The van der Waals surface area contributed by atoms with Crippen molar-refractivity contribution in [3.05, 3.63) is 132 Å². The van der Waals surface area contributed by atoms with Gasteiger partial charge < -0.3 is 10.6 Å². The second-order valence-electron chi connectivity index (χ2n) is 11.2. The molecule has 6 rings (SSSR count). The summed E-state index contributed by atoms with van der Waals surface area (Å²) in [6.07, 6.45) is 2.93. The number of hydrogen-bond acceptors (Lipinski definition) is 4. The van der Waals surface area contributed by atoms with Gasteiger partial charge in [-0.15, -0.1) is 0 Å². The molecule has 2 heterocycles. The van der Waals surface area contributed by atoms with Gasteiger partial charge in [0.15, 0.2) is 6.54 Å². The number of aryl methyl sites for hydroxylation is 1. The maximum atomic E-state index is 14.6. The molecular weight excluding hydrogens is 574 g/mol. The Morgan fingerprint density at radius 3 is 2.33 bits per heavy atom. The highest BCUT2D eigenvalue weighted by atomic mass is 19.4. The summed E-state index contributed by atoms with van der Waals surface area (Å²) in [4.78, 5) is 39.7. The number of hydrogen-bond donors (Lipinski definition) is 2. The third-order valence-corrected chi connectivity index (χ3v) is 8.27. The van der Waals surface area contributed by atoms with Crippen LogP contribution in [0.4, 0.5) is 20.3 Å². The SMILES string of the molecule is O=C(Nc1ccc(C(=O)N2/C(=C\C(=O)C3CNCC[N+]3(F)F)CCCc3ccccc32)cc1)c1ccccc1-c1ccccc1. The molecule has 9 heteroatoms. The first-order chi connectivity index (χ1) is 21.8. The maximum absolute atomic E-state index is 14.6. The molecule has 1 unspecified atom stereocenters. The van der Waals surface area contributed by atoms with E-state index < -0.39 is 29.2 Å². The zero-order valence-corrected chi connectivity index (χ0v) is 24.6. The van der Waals surface area contributed by atoms with E-state index in [0.29, 0.717) is 47.5 Å². The highest BCUT2D eigenvalue weighted by Gasteiger charge is 2.48. The van der Waals surface area contributed by atoms with Gasteiger partial charge in [-0.1, -0.05) is 66.7 Å². The molecule has 228 valence electrons. The fourth-order valence-electron chi connectivity index (χ4n) is 5.92. The summed E-state index contributed by atoms with van der Waals surface area (Å²) in [7, 11) is 0. The summed E-state index contributed by atoms with van der Waals surface area (Å²) in [6, 6.07) is 29.4. The third-order valence-electron chi connectivity index (χ3n) is 8.27. The number of quaternary nitrogens is 1. The molecule has 0 aromatic heterocycles. The topological polar surface area (TPSA) is 78.5 Å². The van der Waals surface area contributed by atoms with Crippen molar-refractivity contribution in [3.8, 4) is 11.1 Å². The Morgan fingerprint density at radius 1 is 0.844 bits per heavy atom. The molecule has 2 amide bonds. The van der Waals surface area contributed by atoms with Crippen molar-refractivity contribution in [1.29, 1.82) is 0 Å². The number of nitrogens with zero attached hydrogens (tertiary/aromatic N) is 2. The van der Waals surface area contributed by atoms with E-state index in [0.717, 1.165) is 16.7 Å². The molecule has 0 bridgehead atoms. The van der Waals surface area contributed by atoms with Crippen molar-refractivity contribution in [3.63, 3.8) is 0 Å². The molecular formula is C36H33F2N4O3+. The number of para-hydroxylation sites is 1. The van der Waals surface area contributed by atoms with Gasteiger partial charge in [0.2, 0.25) is 11.8 Å². The first kappa shape index (κ1) is 30.1. The fraction of sp³-hybridized carbons (Fsp3) is 0.194. The number of ketones is 1. The van der Waals surface area contributed by atoms with Crippen LogP contribution in [-0.4, -0.2) is 48.2 Å². The van der Waals surface area contributed by atoms with Crippen LogP contribution in [0, 0.1) is 0 Å². The Kier molecular flexibility index (Phi) is 8.64. The Hall–Kier alpha value is -4.99. The molecule has 7 nitrogen and oxygen atoms in total. The largest absolute Gasteiger partial charge is 0.322 e. The number of benzene rings is 4. The molecule has 0 radical (unpaired) electrons. The van der Waals surface area contributed by atoms with Gasteiger partial charge in [-0.25, -0.2) is 0 Å². The number of fused-ring (bicyclic) bond motifs is 1. The molecule has 45 heavy (non-hydrogen) atoms. The van der Waals surface area contributed by atoms with Crippen LogP contribution in [0.25, 0.3) is 11.1 Å². The average molecular weight is 608 g/mol. The lowest BCUT2D eigenvalue weighted by molar-refractivity contribution is -1.18. The van der Waals surface area contributed by atoms with E-state index in [1.165, 1.54) is 11.0 Å². The van der Waals surface area contributed by atoms with Crippen LogP contribution < -0.4 is 15.5 Å². The van der Waals surface area contributed by atoms with E-state index in [9.17, 15) is 23.3 Å². The van der Waals surface area contributed by atoms with Crippen molar-refractivity contribution < 1.29 is 28.3 Å². The number of carbonyl (C=O) groups is 3. The van der Waals surface area contributed by atoms with Gasteiger partial charge in [0.1, 0.15) is 0 Å². The second-order valence-corrected chi connectivity index (χ2v) is 11.2. The van der Waals surface area contributed by atoms with E-state index in [2.05, 4.69) is 10.6 Å². The second kappa shape index (κ2) is 12.9. The zero-order chi connectivity index (χ0) is 31.4. The summed E-state index contributed by atoms with van der Waals surface area (Å²) in [5.41, 5.74) is 5.01. The monoisotopic (exact) mass is 607 g/mol. The van der Waals surface area contributed by atoms with Crippen molar-refractivity contribution >= 4 is 29.0 Å². The number of allylic oxidation sites excluding steroid dienone is 1. The van der Waals surface area contributed by atoms with E-state index in [-0.39, 0.29) is 19.0 Å². The lowest BCUT2D eigenvalue weighted by atomic mass is 9.99. The van der Waals surface area contributed by atoms with Gasteiger partial charge in [-0.05, 0) is 72.4 Å². The molecule has 4 aromatic rings. The van der Waals surface area contributed by atoms with Crippen molar-refractivity contribution in [2.75, 3.05) is 29.9 Å². The van der Waals surface area contributed by atoms with E-state index >= 15 is 0 Å². The Morgan fingerprint density at radius 2 is 1.56 bits per heavy atom. The van der Waals surface area contributed by atoms with Crippen LogP contribution in [0.15, 0.2) is 115 Å². The van der Waals surface area contributed by atoms with Crippen molar-refractivity contribution in [2.45, 2.75) is 25.3 Å². The average Bonchev–Trinajstić information content (AvgIpc) is 3.24. The molecule has 2 N–H and O–H groups in total. The minimum atomic E-state index is -2.39. The van der Waals surface area contributed by atoms with Crippen LogP contribution in [0.5, 0.6) is 0 Å². The summed E-state index contributed by atoms with van der Waals surface area (Å²) < 4.78 is 29.2. The molecule has 2 aliphatic heterocycles. The molecule has 0 aliphatic carbocycles. The standard InChI is InChI=1S/C36H32F2N4O3/c37-42(38)22-21-39-24-33(42)34(43)23-29-13-8-12-26-11-4-7-16-32(26)41(29)36(45)27-17-19-28(20-18-27)40-35(44)31-15-6-5-14-30(31)25-9-2-1-3-10-25/h1-7,9-11,14-20,23,33,39H,8,12-13,21-22,24H2/p+1/b29-23-. The van der Waals surface area contributed by atoms with E-state index in [1.807, 2.05) is 72.8 Å². The van der Waals surface area contributed by atoms with Crippen LogP contribution in [0.3, 0.4) is 0 Å². The number of rotatable bonds is 6. The minimum Gasteiger partial charge on any atom is -0.322 e. The van der Waals surface area contributed by atoms with Gasteiger partial charge in [-0.2, -0.15) is 0 Å². The van der Waals surface area contributed by atoms with Crippen LogP contribution in [0.1, 0.15) is 39.1 Å². The number of anilines is 2. The van der Waals surface area contributed by atoms with Gasteiger partial charge in [0.05, 0.1) is 23.7 Å². The molecule has 0 saturated carbocycles. The molecule has 1 saturated heterocycles. The van der Waals surface area contributed by atoms with Crippen LogP contribution in [0.2, 0.25) is 0 Å². The summed E-state index contributed by atoms with van der Waals surface area (Å²) in [6.45, 7) is -0.476. The smallest absolute Gasteiger partial charge is 0.262 e. The van der Waals surface area contributed by atoms with Gasteiger partial charge >= 0.3 is 0 Å². The van der Waals surface area contributed by atoms with Crippen LogP contribution >= 0.6 is 0 Å². The fourth-order valence-corrected chi connectivity index (χ4v) is 5.92. The highest BCUT2D eigenvalue weighted by Crippen LogP contribution is 2.34. The molecule has 0 spiro atoms. The third kappa shape index (κ3) is 6.45. The lowest BCUT2D eigenvalue weighted by Crippen LogP contribution is -2.58. The normalized spacial score (nSPS) is 18.5. The van der Waals surface area contributed by atoms with E-state index in [4.69, 9.17) is 0 Å². The number of carbonyl (C=O) groups excluding carboxylic acids is 3. The van der Waals surface area contributed by atoms with Gasteiger partial charge in [0.25, 0.3) is 11.8 Å². The van der Waals surface area contributed by atoms with Gasteiger partial charge in [-0.3, -0.25) is 19.3 Å².